The van der Waals surface area contributed by atoms with Gasteiger partial charge in [0, 0.05) is 12.8 Å². The van der Waals surface area contributed by atoms with E-state index in [1.165, 1.54) is 0 Å². The number of hydrogen-bond donors (Lipinski definition) is 1. The van der Waals surface area contributed by atoms with E-state index < -0.39 is 23.7 Å². The summed E-state index contributed by atoms with van der Waals surface area (Å²) in [6.45, 7) is 2.19. The monoisotopic (exact) mass is 744 g/mol. The third-order valence-electron chi connectivity index (χ3n) is 6.85. The molecule has 2 aromatic carbocycles. The van der Waals surface area contributed by atoms with Crippen molar-refractivity contribution in [3.63, 3.8) is 0 Å². The van der Waals surface area contributed by atoms with Crippen LogP contribution in [0.3, 0.4) is 0 Å². The molecule has 0 bridgehead atoms. The second-order valence-corrected chi connectivity index (χ2v) is 11.6. The molecule has 0 unspecified atom stereocenters. The van der Waals surface area contributed by atoms with Crippen LogP contribution in [0.2, 0.25) is 0 Å². The summed E-state index contributed by atoms with van der Waals surface area (Å²) in [5.41, 5.74) is 0.383. The summed E-state index contributed by atoms with van der Waals surface area (Å²) in [6, 6.07) is 9.77. The molecule has 2 aliphatic heterocycles. The number of ether oxygens (including phenoxy) is 2. The molecule has 7 nitrogen and oxygen atoms in total. The molecule has 200 valence electrons. The number of cyclic esters (lactones) is 1. The number of nitrogens with zero attached hydrogens (tertiary/aromatic N) is 1. The first-order valence-corrected chi connectivity index (χ1v) is 13.8. The highest BCUT2D eigenvalue weighted by Crippen LogP contribution is 2.40. The molecule has 2 saturated heterocycles. The van der Waals surface area contributed by atoms with Crippen LogP contribution in [0.15, 0.2) is 30.3 Å². The zero-order valence-electron chi connectivity index (χ0n) is 19.9. The number of halogens is 5. The molecule has 1 atom stereocenters. The number of imide groups is 1. The van der Waals surface area contributed by atoms with Crippen LogP contribution in [0, 0.1) is 9.49 Å². The Bertz CT molecular complexity index is 1200. The molecule has 1 aliphatic carbocycles. The van der Waals surface area contributed by atoms with E-state index in [4.69, 9.17) is 9.47 Å². The standard InChI is InChI=1S/C21H21F3INO3.C4H4INO2/c1-20(11-28-19(27)26-20)14-5-8-16-12(10-14)2-9-17(18(16)25)29-15-6-3-13(4-7-15)21(22,23)24;5-6-3(7)1-2-4(6)8/h2,5,8-10,13,15H,3-4,6-7,11H2,1H3,(H,26,27);1-2H2/t13-,15-,20-;/m0./s1. The van der Waals surface area contributed by atoms with Crippen molar-refractivity contribution in [1.82, 2.24) is 8.43 Å². The minimum Gasteiger partial charge on any atom is -0.489 e. The molecular formula is C25H25F3I2N2O5. The number of fused-ring (bicyclic) bond motifs is 1. The smallest absolute Gasteiger partial charge is 0.408 e. The van der Waals surface area contributed by atoms with Crippen LogP contribution < -0.4 is 10.1 Å². The van der Waals surface area contributed by atoms with Crippen LogP contribution in [-0.4, -0.2) is 39.9 Å². The van der Waals surface area contributed by atoms with Gasteiger partial charge in [0.1, 0.15) is 12.4 Å². The number of alkyl halides is 3. The predicted octanol–water partition coefficient (Wildman–Crippen LogP) is 6.38. The van der Waals surface area contributed by atoms with Crippen LogP contribution in [0.25, 0.3) is 10.8 Å². The van der Waals surface area contributed by atoms with E-state index in [-0.39, 0.29) is 37.4 Å². The second kappa shape index (κ2) is 11.1. The fraction of sp³-hybridized carbons (Fsp3) is 0.480. The maximum absolute atomic E-state index is 12.9. The van der Waals surface area contributed by atoms with Gasteiger partial charge in [-0.3, -0.25) is 9.59 Å². The van der Waals surface area contributed by atoms with E-state index in [2.05, 4.69) is 27.9 Å². The molecule has 3 amide bonds. The Morgan fingerprint density at radius 2 is 1.70 bits per heavy atom. The van der Waals surface area contributed by atoms with Gasteiger partial charge in [-0.25, -0.2) is 7.91 Å². The fourth-order valence-electron chi connectivity index (χ4n) is 4.61. The molecular weight excluding hydrogens is 719 g/mol. The average molecular weight is 744 g/mol. The van der Waals surface area contributed by atoms with Crippen molar-refractivity contribution in [2.75, 3.05) is 6.61 Å². The normalized spacial score (nSPS) is 26.0. The van der Waals surface area contributed by atoms with Crippen molar-refractivity contribution >= 4 is 74.1 Å². The van der Waals surface area contributed by atoms with E-state index >= 15 is 0 Å². The molecule has 1 saturated carbocycles. The van der Waals surface area contributed by atoms with Crippen LogP contribution in [0.4, 0.5) is 18.0 Å². The number of benzene rings is 2. The Kier molecular flexibility index (Phi) is 8.46. The van der Waals surface area contributed by atoms with Gasteiger partial charge in [-0.2, -0.15) is 13.2 Å². The highest BCUT2D eigenvalue weighted by atomic mass is 127. The molecule has 12 heteroatoms. The number of rotatable bonds is 3. The van der Waals surface area contributed by atoms with Gasteiger partial charge < -0.3 is 14.8 Å². The second-order valence-electron chi connectivity index (χ2n) is 9.55. The summed E-state index contributed by atoms with van der Waals surface area (Å²) in [7, 11) is 0. The van der Waals surface area contributed by atoms with E-state index in [0.29, 0.717) is 31.4 Å². The number of amides is 3. The highest BCUT2D eigenvalue weighted by molar-refractivity contribution is 14.1. The van der Waals surface area contributed by atoms with Crippen molar-refractivity contribution in [3.8, 4) is 5.75 Å². The number of carbonyl (C=O) groups excluding carboxylic acids is 3. The van der Waals surface area contributed by atoms with Crippen LogP contribution in [0.5, 0.6) is 5.75 Å². The first-order valence-electron chi connectivity index (χ1n) is 11.8. The highest BCUT2D eigenvalue weighted by Gasteiger charge is 2.42. The zero-order valence-corrected chi connectivity index (χ0v) is 24.2. The summed E-state index contributed by atoms with van der Waals surface area (Å²) < 4.78 is 51.7. The molecule has 0 radical (unpaired) electrons. The largest absolute Gasteiger partial charge is 0.489 e. The summed E-state index contributed by atoms with van der Waals surface area (Å²) in [5.74, 6) is -0.658. The van der Waals surface area contributed by atoms with Gasteiger partial charge in [0.2, 0.25) is 11.8 Å². The molecule has 0 spiro atoms. The SMILES string of the molecule is C[C@@]1(c2ccc3c(I)c(O[C@H]4CC[C@H](C(F)(F)F)CC4)ccc3c2)COC(=O)N1.O=C1CCC(=O)N1I. The lowest BCUT2D eigenvalue weighted by Crippen LogP contribution is -2.37. The Morgan fingerprint density at radius 3 is 2.22 bits per heavy atom. The van der Waals surface area contributed by atoms with Crippen molar-refractivity contribution in [1.29, 1.82) is 0 Å². The molecule has 3 aliphatic rings. The lowest BCUT2D eigenvalue weighted by atomic mass is 9.87. The third kappa shape index (κ3) is 6.42. The van der Waals surface area contributed by atoms with Gasteiger partial charge in [-0.15, -0.1) is 0 Å². The van der Waals surface area contributed by atoms with Gasteiger partial charge in [-0.05, 0) is 83.7 Å². The molecule has 2 heterocycles. The molecule has 2 aromatic rings. The lowest BCUT2D eigenvalue weighted by molar-refractivity contribution is -0.185. The van der Waals surface area contributed by atoms with Gasteiger partial charge in [-0.1, -0.05) is 18.2 Å². The number of hydrogen-bond acceptors (Lipinski definition) is 5. The summed E-state index contributed by atoms with van der Waals surface area (Å²) >= 11 is 3.94. The molecule has 1 N–H and O–H groups in total. The minimum absolute atomic E-state index is 0.0735. The number of nitrogens with one attached hydrogen (secondary N) is 1. The van der Waals surface area contributed by atoms with Crippen molar-refractivity contribution < 1.29 is 37.0 Å². The first-order chi connectivity index (χ1) is 17.4. The van der Waals surface area contributed by atoms with E-state index in [9.17, 15) is 27.6 Å². The molecule has 5 rings (SSSR count). The number of carbonyl (C=O) groups is 3. The molecule has 3 fully saturated rings. The van der Waals surface area contributed by atoms with E-state index in [0.717, 1.165) is 23.0 Å². The Morgan fingerprint density at radius 1 is 1.05 bits per heavy atom. The minimum atomic E-state index is -4.11. The fourth-order valence-corrected chi connectivity index (χ4v) is 5.89. The van der Waals surface area contributed by atoms with Crippen LogP contribution >= 0.6 is 45.5 Å². The summed E-state index contributed by atoms with van der Waals surface area (Å²) in [4.78, 5) is 32.4. The quantitative estimate of drug-likeness (QED) is 0.224. The topological polar surface area (TPSA) is 84.9 Å². The predicted molar refractivity (Wildman–Crippen MR) is 146 cm³/mol. The van der Waals surface area contributed by atoms with E-state index in [1.807, 2.05) is 37.3 Å². The lowest BCUT2D eigenvalue weighted by Gasteiger charge is -2.30. The Labute approximate surface area is 239 Å². The summed E-state index contributed by atoms with van der Waals surface area (Å²) in [6.07, 6.45) is -2.88. The van der Waals surface area contributed by atoms with Crippen LogP contribution in [-0.2, 0) is 19.9 Å². The molecule has 0 aromatic heterocycles. The van der Waals surface area contributed by atoms with Gasteiger partial charge >= 0.3 is 12.3 Å². The van der Waals surface area contributed by atoms with Crippen molar-refractivity contribution in [3.05, 3.63) is 39.5 Å². The number of alkyl carbamates (subject to hydrolysis) is 1. The van der Waals surface area contributed by atoms with Crippen molar-refractivity contribution in [2.24, 2.45) is 5.92 Å². The molecule has 37 heavy (non-hydrogen) atoms. The third-order valence-corrected chi connectivity index (χ3v) is 9.04. The maximum Gasteiger partial charge on any atom is 0.408 e. The van der Waals surface area contributed by atoms with Gasteiger partial charge in [0.15, 0.2) is 0 Å². The van der Waals surface area contributed by atoms with Gasteiger partial charge in [0.25, 0.3) is 0 Å². The van der Waals surface area contributed by atoms with E-state index in [1.54, 1.807) is 22.9 Å². The first kappa shape index (κ1) is 28.2. The maximum atomic E-state index is 12.9. The Balaban J connectivity index is 0.000000342. The zero-order chi connectivity index (χ0) is 27.0. The average Bonchev–Trinajstić information content (AvgIpc) is 3.36. The summed E-state index contributed by atoms with van der Waals surface area (Å²) in [5, 5.41) is 4.84. The van der Waals surface area contributed by atoms with Crippen LogP contribution in [0.1, 0.15) is 51.0 Å². The van der Waals surface area contributed by atoms with Crippen molar-refractivity contribution in [2.45, 2.75) is 63.3 Å². The van der Waals surface area contributed by atoms with Gasteiger partial charge in [0.05, 0.1) is 44.0 Å². The Hall–Kier alpha value is -1.84.